The molecule has 1 aliphatic carbocycles. The zero-order chi connectivity index (χ0) is 19.8. The highest BCUT2D eigenvalue weighted by Gasteiger charge is 2.46. The van der Waals surface area contributed by atoms with Gasteiger partial charge in [0.1, 0.15) is 11.7 Å². The van der Waals surface area contributed by atoms with E-state index in [1.165, 1.54) is 0 Å². The molecule has 0 radical (unpaired) electrons. The van der Waals surface area contributed by atoms with Gasteiger partial charge in [0.2, 0.25) is 0 Å². The van der Waals surface area contributed by atoms with Crippen molar-refractivity contribution in [3.8, 4) is 11.8 Å². The molecule has 1 N–H and O–H groups in total. The fourth-order valence-electron chi connectivity index (χ4n) is 5.30. The second-order valence-corrected chi connectivity index (χ2v) is 8.43. The monoisotopic (exact) mass is 385 g/mol. The first-order valence-electron chi connectivity index (χ1n) is 10.5. The minimum absolute atomic E-state index is 0.181. The van der Waals surface area contributed by atoms with E-state index in [0.29, 0.717) is 5.92 Å². The van der Waals surface area contributed by atoms with Crippen LogP contribution in [-0.2, 0) is 4.74 Å². The van der Waals surface area contributed by atoms with Crippen LogP contribution in [0.15, 0.2) is 48.5 Å². The van der Waals surface area contributed by atoms with Gasteiger partial charge < -0.3 is 9.84 Å². The first-order chi connectivity index (χ1) is 14.2. The average Bonchev–Trinajstić information content (AvgIpc) is 2.95. The van der Waals surface area contributed by atoms with E-state index >= 15 is 0 Å². The lowest BCUT2D eigenvalue weighted by Crippen LogP contribution is -2.59. The number of nitrogens with zero attached hydrogens (tertiary/aromatic N) is 1. The van der Waals surface area contributed by atoms with E-state index in [-0.39, 0.29) is 5.92 Å². The zero-order valence-electron chi connectivity index (χ0n) is 16.8. The van der Waals surface area contributed by atoms with Gasteiger partial charge in [-0.2, -0.15) is 0 Å². The molecule has 148 valence electrons. The molecular formula is C26H27NO2. The lowest BCUT2D eigenvalue weighted by atomic mass is 9.75. The molecule has 6 rings (SSSR count). The van der Waals surface area contributed by atoms with Gasteiger partial charge in [-0.15, -0.1) is 0 Å². The molecule has 29 heavy (non-hydrogen) atoms. The Morgan fingerprint density at radius 2 is 1.59 bits per heavy atom. The molecule has 3 fully saturated rings. The molecule has 2 bridgehead atoms. The van der Waals surface area contributed by atoms with E-state index in [1.54, 1.807) is 7.11 Å². The third kappa shape index (κ3) is 3.22. The van der Waals surface area contributed by atoms with Crippen LogP contribution in [0.5, 0.6) is 0 Å². The van der Waals surface area contributed by atoms with Gasteiger partial charge in [-0.25, -0.2) is 0 Å². The van der Waals surface area contributed by atoms with Crippen LogP contribution in [0.25, 0.3) is 12.2 Å². The Hall–Kier alpha value is -2.38. The van der Waals surface area contributed by atoms with Crippen LogP contribution in [0.3, 0.4) is 0 Å². The third-order valence-electron chi connectivity index (χ3n) is 6.92. The molecule has 0 saturated carbocycles. The van der Waals surface area contributed by atoms with Crippen molar-refractivity contribution < 1.29 is 9.84 Å². The third-order valence-corrected chi connectivity index (χ3v) is 6.92. The van der Waals surface area contributed by atoms with Crippen LogP contribution in [0.1, 0.15) is 41.0 Å². The first-order valence-corrected chi connectivity index (χ1v) is 10.5. The van der Waals surface area contributed by atoms with Crippen LogP contribution in [-0.4, -0.2) is 48.5 Å². The van der Waals surface area contributed by atoms with Crippen molar-refractivity contribution in [1.82, 2.24) is 4.90 Å². The number of aliphatic hydroxyl groups excluding tert-OH is 1. The standard InChI is InChI=1S/C26H27NO2/c1-29-26(18-27-16-13-21(26)14-17-27)15-12-24(28)25-22-8-4-2-6-19(22)10-11-20-7-3-5-9-23(20)25/h2-11,21,24-25,28H,13-14,16-18H2,1H3/t24?,26-/m1/s1. The maximum Gasteiger partial charge on any atom is 0.143 e. The summed E-state index contributed by atoms with van der Waals surface area (Å²) >= 11 is 0. The second-order valence-electron chi connectivity index (χ2n) is 8.43. The predicted octanol–water partition coefficient (Wildman–Crippen LogP) is 3.78. The van der Waals surface area contributed by atoms with Crippen LogP contribution in [0, 0.1) is 17.8 Å². The first kappa shape index (κ1) is 18.6. The van der Waals surface area contributed by atoms with Gasteiger partial charge in [-0.3, -0.25) is 4.90 Å². The molecule has 0 spiro atoms. The van der Waals surface area contributed by atoms with Gasteiger partial charge in [0.25, 0.3) is 0 Å². The maximum atomic E-state index is 11.3. The molecule has 0 aromatic heterocycles. The molecule has 0 amide bonds. The van der Waals surface area contributed by atoms with Gasteiger partial charge in [0.05, 0.1) is 0 Å². The van der Waals surface area contributed by atoms with Crippen molar-refractivity contribution in [1.29, 1.82) is 0 Å². The van der Waals surface area contributed by atoms with Crippen LogP contribution < -0.4 is 0 Å². The summed E-state index contributed by atoms with van der Waals surface area (Å²) in [5, 5.41) is 11.3. The predicted molar refractivity (Wildman–Crippen MR) is 116 cm³/mol. The number of hydrogen-bond donors (Lipinski definition) is 1. The molecule has 3 aliphatic heterocycles. The average molecular weight is 386 g/mol. The Bertz CT molecular complexity index is 944. The fraction of sp³-hybridized carbons (Fsp3) is 0.385. The summed E-state index contributed by atoms with van der Waals surface area (Å²) in [6.07, 6.45) is 5.73. The van der Waals surface area contributed by atoms with E-state index in [4.69, 9.17) is 4.74 Å². The number of aliphatic hydroxyl groups is 1. The van der Waals surface area contributed by atoms with Gasteiger partial charge in [-0.1, -0.05) is 72.5 Å². The van der Waals surface area contributed by atoms with E-state index in [1.807, 2.05) is 24.3 Å². The smallest absolute Gasteiger partial charge is 0.143 e. The van der Waals surface area contributed by atoms with Crippen LogP contribution >= 0.6 is 0 Å². The molecule has 2 atom stereocenters. The Balaban J connectivity index is 1.55. The molecular weight excluding hydrogens is 358 g/mol. The van der Waals surface area contributed by atoms with Crippen LogP contribution in [0.2, 0.25) is 0 Å². The Morgan fingerprint density at radius 1 is 1.00 bits per heavy atom. The van der Waals surface area contributed by atoms with Crippen molar-refractivity contribution in [2.24, 2.45) is 5.92 Å². The van der Waals surface area contributed by atoms with Gasteiger partial charge in [0, 0.05) is 25.5 Å². The summed E-state index contributed by atoms with van der Waals surface area (Å²) in [6, 6.07) is 16.6. The second kappa shape index (κ2) is 7.46. The molecule has 4 aliphatic rings. The van der Waals surface area contributed by atoms with Gasteiger partial charge in [0.15, 0.2) is 0 Å². The Labute approximate surface area is 173 Å². The Morgan fingerprint density at radius 3 is 2.10 bits per heavy atom. The number of ether oxygens (including phenoxy) is 1. The zero-order valence-corrected chi connectivity index (χ0v) is 16.8. The highest BCUT2D eigenvalue weighted by atomic mass is 16.5. The number of methoxy groups -OCH3 is 1. The van der Waals surface area contributed by atoms with Crippen molar-refractivity contribution in [3.05, 3.63) is 70.8 Å². The lowest BCUT2D eigenvalue weighted by molar-refractivity contribution is -0.0963. The van der Waals surface area contributed by atoms with Gasteiger partial charge in [-0.05, 0) is 48.2 Å². The lowest BCUT2D eigenvalue weighted by Gasteiger charge is -2.49. The molecule has 2 aromatic carbocycles. The van der Waals surface area contributed by atoms with Crippen LogP contribution in [0.4, 0.5) is 0 Å². The molecule has 2 aromatic rings. The highest BCUT2D eigenvalue weighted by Crippen LogP contribution is 2.39. The number of benzene rings is 2. The summed E-state index contributed by atoms with van der Waals surface area (Å²) in [6.45, 7) is 3.11. The molecule has 3 heterocycles. The summed E-state index contributed by atoms with van der Waals surface area (Å²) in [7, 11) is 1.77. The molecule has 3 nitrogen and oxygen atoms in total. The van der Waals surface area contributed by atoms with E-state index in [2.05, 4.69) is 53.2 Å². The van der Waals surface area contributed by atoms with E-state index in [9.17, 15) is 5.11 Å². The highest BCUT2D eigenvalue weighted by molar-refractivity contribution is 5.76. The Kier molecular flexibility index (Phi) is 4.80. The number of piperidine rings is 3. The number of hydrogen-bond acceptors (Lipinski definition) is 3. The van der Waals surface area contributed by atoms with Gasteiger partial charge >= 0.3 is 0 Å². The fourth-order valence-corrected chi connectivity index (χ4v) is 5.30. The van der Waals surface area contributed by atoms with Crippen molar-refractivity contribution >= 4 is 12.2 Å². The molecule has 1 unspecified atom stereocenters. The number of fused-ring (bicyclic) bond motifs is 5. The largest absolute Gasteiger partial charge is 0.379 e. The minimum atomic E-state index is -0.792. The summed E-state index contributed by atoms with van der Waals surface area (Å²) < 4.78 is 5.98. The van der Waals surface area contributed by atoms with Crippen molar-refractivity contribution in [2.45, 2.75) is 30.5 Å². The SMILES string of the molecule is CO[C@]1(C#CC(O)C2c3ccccc3C=Cc3ccccc32)CN2CCC1CC2. The maximum absolute atomic E-state index is 11.3. The van der Waals surface area contributed by atoms with E-state index in [0.717, 1.165) is 54.7 Å². The summed E-state index contributed by atoms with van der Waals surface area (Å²) in [4.78, 5) is 2.44. The summed E-state index contributed by atoms with van der Waals surface area (Å²) in [5.74, 6) is 6.92. The van der Waals surface area contributed by atoms with Crippen molar-refractivity contribution in [2.75, 3.05) is 26.7 Å². The topological polar surface area (TPSA) is 32.7 Å². The van der Waals surface area contributed by atoms with Crippen molar-refractivity contribution in [3.63, 3.8) is 0 Å². The quantitative estimate of drug-likeness (QED) is 0.799. The molecule has 3 saturated heterocycles. The molecule has 3 heteroatoms. The number of rotatable bonds is 2. The normalized spacial score (nSPS) is 28.6. The minimum Gasteiger partial charge on any atom is -0.379 e. The summed E-state index contributed by atoms with van der Waals surface area (Å²) in [5.41, 5.74) is 4.06. The van der Waals surface area contributed by atoms with E-state index < -0.39 is 11.7 Å².